The molecule has 6 heteroatoms. The number of aryl methyl sites for hydroxylation is 1. The molecule has 0 unspecified atom stereocenters. The monoisotopic (exact) mass is 371 g/mol. The zero-order chi connectivity index (χ0) is 19.8. The van der Waals surface area contributed by atoms with Crippen LogP contribution < -0.4 is 9.47 Å². The molecule has 0 saturated heterocycles. The van der Waals surface area contributed by atoms with E-state index in [0.717, 1.165) is 11.1 Å². The van der Waals surface area contributed by atoms with Crippen LogP contribution in [0.1, 0.15) is 35.3 Å². The van der Waals surface area contributed by atoms with Crippen molar-refractivity contribution in [1.82, 2.24) is 4.90 Å². The number of hydrogen-bond donors (Lipinski definition) is 1. The van der Waals surface area contributed by atoms with Gasteiger partial charge in [0.05, 0.1) is 6.61 Å². The molecule has 6 nitrogen and oxygen atoms in total. The molecule has 0 radical (unpaired) electrons. The summed E-state index contributed by atoms with van der Waals surface area (Å²) in [6.07, 6.45) is 0. The van der Waals surface area contributed by atoms with Gasteiger partial charge in [-0.25, -0.2) is 4.79 Å². The van der Waals surface area contributed by atoms with Gasteiger partial charge < -0.3 is 19.5 Å². The maximum Gasteiger partial charge on any atom is 0.341 e. The molecular weight excluding hydrogens is 346 g/mol. The standard InChI is InChI=1S/C21H25NO5/c1-4-22(13-17-9-7-6-8-15(17)3)21(25)16-10-11-18(27-14-20(23)24)19(12-16)26-5-2/h6-12H,4-5,13-14H2,1-3H3,(H,23,24). The first-order chi connectivity index (χ1) is 13.0. The number of carboxylic acids is 1. The number of carboxylic acid groups (broad SMARTS) is 1. The molecule has 0 atom stereocenters. The van der Waals surface area contributed by atoms with E-state index >= 15 is 0 Å². The van der Waals surface area contributed by atoms with E-state index in [4.69, 9.17) is 14.6 Å². The molecule has 144 valence electrons. The number of nitrogens with zero attached hydrogens (tertiary/aromatic N) is 1. The SMILES string of the molecule is CCOc1cc(C(=O)N(CC)Cc2ccccc2C)ccc1OCC(=O)O. The molecular formula is C21H25NO5. The van der Waals surface area contributed by atoms with Crippen LogP contribution in [0.15, 0.2) is 42.5 Å². The lowest BCUT2D eigenvalue weighted by molar-refractivity contribution is -0.139. The van der Waals surface area contributed by atoms with Crippen molar-refractivity contribution in [1.29, 1.82) is 0 Å². The van der Waals surface area contributed by atoms with Gasteiger partial charge in [-0.05, 0) is 50.1 Å². The van der Waals surface area contributed by atoms with Crippen molar-refractivity contribution in [3.63, 3.8) is 0 Å². The molecule has 0 aromatic heterocycles. The Morgan fingerprint density at radius 2 is 1.78 bits per heavy atom. The summed E-state index contributed by atoms with van der Waals surface area (Å²) < 4.78 is 10.8. The van der Waals surface area contributed by atoms with Crippen LogP contribution in [-0.2, 0) is 11.3 Å². The smallest absolute Gasteiger partial charge is 0.341 e. The van der Waals surface area contributed by atoms with Crippen molar-refractivity contribution in [2.45, 2.75) is 27.3 Å². The molecule has 1 amide bonds. The highest BCUT2D eigenvalue weighted by molar-refractivity contribution is 5.95. The van der Waals surface area contributed by atoms with Crippen molar-refractivity contribution in [3.8, 4) is 11.5 Å². The van der Waals surface area contributed by atoms with Crippen LogP contribution in [-0.4, -0.2) is 41.6 Å². The molecule has 0 bridgehead atoms. The highest BCUT2D eigenvalue weighted by atomic mass is 16.5. The Labute approximate surface area is 159 Å². The maximum atomic E-state index is 13.0. The van der Waals surface area contributed by atoms with Gasteiger partial charge in [-0.3, -0.25) is 4.79 Å². The van der Waals surface area contributed by atoms with Crippen LogP contribution in [0.5, 0.6) is 11.5 Å². The van der Waals surface area contributed by atoms with Crippen LogP contribution >= 0.6 is 0 Å². The van der Waals surface area contributed by atoms with Gasteiger partial charge in [0.1, 0.15) is 0 Å². The van der Waals surface area contributed by atoms with E-state index in [1.807, 2.05) is 45.0 Å². The van der Waals surface area contributed by atoms with Gasteiger partial charge in [0.15, 0.2) is 18.1 Å². The number of aliphatic carboxylic acids is 1. The fourth-order valence-electron chi connectivity index (χ4n) is 2.67. The van der Waals surface area contributed by atoms with Crippen LogP contribution in [0.2, 0.25) is 0 Å². The van der Waals surface area contributed by atoms with Crippen LogP contribution in [0, 0.1) is 6.92 Å². The summed E-state index contributed by atoms with van der Waals surface area (Å²) in [4.78, 5) is 25.4. The van der Waals surface area contributed by atoms with E-state index in [0.29, 0.717) is 36.8 Å². The number of amides is 1. The van der Waals surface area contributed by atoms with Crippen LogP contribution in [0.25, 0.3) is 0 Å². The minimum absolute atomic E-state index is 0.119. The first kappa shape index (κ1) is 20.3. The van der Waals surface area contributed by atoms with E-state index < -0.39 is 12.6 Å². The second-order valence-electron chi connectivity index (χ2n) is 6.02. The Kier molecular flexibility index (Phi) is 7.23. The largest absolute Gasteiger partial charge is 0.490 e. The average molecular weight is 371 g/mol. The van der Waals surface area contributed by atoms with Gasteiger partial charge in [0.2, 0.25) is 0 Å². The molecule has 0 aliphatic carbocycles. The minimum Gasteiger partial charge on any atom is -0.490 e. The summed E-state index contributed by atoms with van der Waals surface area (Å²) in [5.41, 5.74) is 2.70. The molecule has 0 heterocycles. The summed E-state index contributed by atoms with van der Waals surface area (Å²) >= 11 is 0. The lowest BCUT2D eigenvalue weighted by atomic mass is 10.1. The molecule has 27 heavy (non-hydrogen) atoms. The lowest BCUT2D eigenvalue weighted by Gasteiger charge is -2.22. The molecule has 1 N–H and O–H groups in total. The Morgan fingerprint density at radius 1 is 1.04 bits per heavy atom. The maximum absolute atomic E-state index is 13.0. The number of carbonyl (C=O) groups is 2. The highest BCUT2D eigenvalue weighted by Crippen LogP contribution is 2.29. The van der Waals surface area contributed by atoms with Gasteiger partial charge >= 0.3 is 5.97 Å². The van der Waals surface area contributed by atoms with Crippen molar-refractivity contribution in [3.05, 3.63) is 59.2 Å². The number of ether oxygens (including phenoxy) is 2. The number of hydrogen-bond acceptors (Lipinski definition) is 4. The molecule has 2 aromatic rings. The van der Waals surface area contributed by atoms with E-state index in [2.05, 4.69) is 0 Å². The second kappa shape index (κ2) is 9.62. The summed E-state index contributed by atoms with van der Waals surface area (Å²) in [7, 11) is 0. The third kappa shape index (κ3) is 5.48. The van der Waals surface area contributed by atoms with Crippen molar-refractivity contribution >= 4 is 11.9 Å². The third-order valence-corrected chi connectivity index (χ3v) is 4.13. The zero-order valence-electron chi connectivity index (χ0n) is 15.9. The number of benzene rings is 2. The first-order valence-electron chi connectivity index (χ1n) is 8.91. The molecule has 0 aliphatic rings. The average Bonchev–Trinajstić information content (AvgIpc) is 2.66. The Bertz CT molecular complexity index is 803. The third-order valence-electron chi connectivity index (χ3n) is 4.13. The molecule has 0 fully saturated rings. The second-order valence-corrected chi connectivity index (χ2v) is 6.02. The normalized spacial score (nSPS) is 10.3. The van der Waals surface area contributed by atoms with E-state index in [1.54, 1.807) is 23.1 Å². The summed E-state index contributed by atoms with van der Waals surface area (Å²) in [5.74, 6) is -0.534. The molecule has 2 rings (SSSR count). The van der Waals surface area contributed by atoms with Crippen LogP contribution in [0.3, 0.4) is 0 Å². The first-order valence-corrected chi connectivity index (χ1v) is 8.91. The lowest BCUT2D eigenvalue weighted by Crippen LogP contribution is -2.30. The van der Waals surface area contributed by atoms with Gasteiger partial charge in [0, 0.05) is 18.7 Å². The van der Waals surface area contributed by atoms with Gasteiger partial charge in [-0.1, -0.05) is 24.3 Å². The molecule has 0 spiro atoms. The molecule has 0 aliphatic heterocycles. The van der Waals surface area contributed by atoms with E-state index in [-0.39, 0.29) is 5.91 Å². The minimum atomic E-state index is -1.08. The Balaban J connectivity index is 2.23. The van der Waals surface area contributed by atoms with Crippen LogP contribution in [0.4, 0.5) is 0 Å². The highest BCUT2D eigenvalue weighted by Gasteiger charge is 2.18. The topological polar surface area (TPSA) is 76.1 Å². The van der Waals surface area contributed by atoms with Crippen molar-refractivity contribution in [2.24, 2.45) is 0 Å². The van der Waals surface area contributed by atoms with E-state index in [1.165, 1.54) is 0 Å². The summed E-state index contributed by atoms with van der Waals surface area (Å²) in [6.45, 7) is 6.76. The number of carbonyl (C=O) groups excluding carboxylic acids is 1. The fraction of sp³-hybridized carbons (Fsp3) is 0.333. The quantitative estimate of drug-likeness (QED) is 0.730. The fourth-order valence-corrected chi connectivity index (χ4v) is 2.67. The zero-order valence-corrected chi connectivity index (χ0v) is 15.9. The molecule has 0 saturated carbocycles. The number of rotatable bonds is 9. The summed E-state index contributed by atoms with van der Waals surface area (Å²) in [6, 6.07) is 12.8. The van der Waals surface area contributed by atoms with E-state index in [9.17, 15) is 9.59 Å². The Morgan fingerprint density at radius 3 is 2.41 bits per heavy atom. The van der Waals surface area contributed by atoms with Crippen molar-refractivity contribution in [2.75, 3.05) is 19.8 Å². The molecule has 2 aromatic carbocycles. The van der Waals surface area contributed by atoms with Gasteiger partial charge in [-0.15, -0.1) is 0 Å². The summed E-state index contributed by atoms with van der Waals surface area (Å²) in [5, 5.41) is 8.78. The predicted molar refractivity (Wildman–Crippen MR) is 102 cm³/mol. The Hall–Kier alpha value is -3.02. The van der Waals surface area contributed by atoms with Gasteiger partial charge in [0.25, 0.3) is 5.91 Å². The van der Waals surface area contributed by atoms with Gasteiger partial charge in [-0.2, -0.15) is 0 Å². The predicted octanol–water partition coefficient (Wildman–Crippen LogP) is 3.52. The van der Waals surface area contributed by atoms with Crippen molar-refractivity contribution < 1.29 is 24.2 Å².